The summed E-state index contributed by atoms with van der Waals surface area (Å²) in [5, 5.41) is 8.99. The average Bonchev–Trinajstić information content (AvgIpc) is 2.81. The molecule has 8 heteroatoms. The number of benzene rings is 1. The highest BCUT2D eigenvalue weighted by Gasteiger charge is 2.53. The quantitative estimate of drug-likeness (QED) is 0.609. The number of rotatable bonds is 6. The number of hydrogen-bond acceptors (Lipinski definition) is 7. The second kappa shape index (κ2) is 9.35. The number of amides is 1. The summed E-state index contributed by atoms with van der Waals surface area (Å²) in [5.41, 5.74) is 2.79. The second-order valence-corrected chi connectivity index (χ2v) is 9.06. The topological polar surface area (TPSA) is 110 Å². The summed E-state index contributed by atoms with van der Waals surface area (Å²) in [6, 6.07) is 9.15. The van der Waals surface area contributed by atoms with Crippen LogP contribution in [0.15, 0.2) is 30.5 Å². The van der Waals surface area contributed by atoms with Gasteiger partial charge in [0.2, 0.25) is 5.91 Å². The van der Waals surface area contributed by atoms with E-state index in [4.69, 9.17) is 14.7 Å². The number of ketones is 2. The number of pyridine rings is 1. The average molecular weight is 462 g/mol. The van der Waals surface area contributed by atoms with Crippen LogP contribution in [0.5, 0.6) is 5.75 Å². The molecule has 8 nitrogen and oxygen atoms in total. The molecule has 1 spiro atoms. The van der Waals surface area contributed by atoms with E-state index in [1.807, 2.05) is 26.0 Å². The van der Waals surface area contributed by atoms with E-state index in [2.05, 4.69) is 4.98 Å². The van der Waals surface area contributed by atoms with Crippen molar-refractivity contribution in [1.29, 1.82) is 5.26 Å². The van der Waals surface area contributed by atoms with Gasteiger partial charge in [-0.25, -0.2) is 0 Å². The van der Waals surface area contributed by atoms with Crippen LogP contribution in [-0.2, 0) is 19.1 Å². The van der Waals surface area contributed by atoms with E-state index in [-0.39, 0.29) is 36.9 Å². The van der Waals surface area contributed by atoms with Crippen LogP contribution < -0.4 is 4.74 Å². The van der Waals surface area contributed by atoms with Crippen LogP contribution in [0.3, 0.4) is 0 Å². The molecule has 1 aliphatic heterocycles. The summed E-state index contributed by atoms with van der Waals surface area (Å²) in [5.74, 6) is -0.806. The molecule has 4 rings (SSSR count). The van der Waals surface area contributed by atoms with Crippen molar-refractivity contribution in [3.8, 4) is 23.1 Å². The van der Waals surface area contributed by atoms with Crippen LogP contribution in [0.4, 0.5) is 0 Å². The maximum Gasteiger partial charge on any atom is 0.248 e. The van der Waals surface area contributed by atoms with Crippen molar-refractivity contribution >= 4 is 17.5 Å². The van der Waals surface area contributed by atoms with Gasteiger partial charge in [-0.2, -0.15) is 5.26 Å². The van der Waals surface area contributed by atoms with Crippen molar-refractivity contribution in [2.45, 2.75) is 32.6 Å². The molecule has 0 radical (unpaired) electrons. The molecule has 0 unspecified atom stereocenters. The van der Waals surface area contributed by atoms with Crippen molar-refractivity contribution in [3.63, 3.8) is 0 Å². The first-order chi connectivity index (χ1) is 16.3. The molecular weight excluding hydrogens is 434 g/mol. The molecule has 0 atom stereocenters. The molecule has 2 aromatic rings. The number of Topliss-reactive ketones (excluding diaryl/α,β-unsaturated/α-hetero) is 2. The fourth-order valence-electron chi connectivity index (χ4n) is 5.03. The van der Waals surface area contributed by atoms with Crippen LogP contribution in [0.2, 0.25) is 0 Å². The lowest BCUT2D eigenvalue weighted by molar-refractivity contribution is -0.157. The van der Waals surface area contributed by atoms with E-state index in [1.165, 1.54) is 13.3 Å². The smallest absolute Gasteiger partial charge is 0.248 e. The van der Waals surface area contributed by atoms with Crippen molar-refractivity contribution in [1.82, 2.24) is 9.88 Å². The highest BCUT2D eigenvalue weighted by Crippen LogP contribution is 2.47. The fourth-order valence-corrected chi connectivity index (χ4v) is 5.03. The molecule has 1 aromatic heterocycles. The van der Waals surface area contributed by atoms with Gasteiger partial charge in [0.1, 0.15) is 35.9 Å². The summed E-state index contributed by atoms with van der Waals surface area (Å²) in [6.45, 7) is 4.98. The van der Waals surface area contributed by atoms with Gasteiger partial charge in [-0.15, -0.1) is 0 Å². The predicted octanol–water partition coefficient (Wildman–Crippen LogP) is 2.82. The lowest BCUT2D eigenvalue weighted by Crippen LogP contribution is -2.62. The van der Waals surface area contributed by atoms with Gasteiger partial charge in [0.25, 0.3) is 0 Å². The van der Waals surface area contributed by atoms with E-state index in [0.717, 1.165) is 11.1 Å². The summed E-state index contributed by atoms with van der Waals surface area (Å²) in [7, 11) is 1.52. The predicted molar refractivity (Wildman–Crippen MR) is 123 cm³/mol. The van der Waals surface area contributed by atoms with Gasteiger partial charge in [0, 0.05) is 55.3 Å². The Bertz CT molecular complexity index is 1160. The monoisotopic (exact) mass is 461 g/mol. The lowest BCUT2D eigenvalue weighted by Gasteiger charge is -2.52. The summed E-state index contributed by atoms with van der Waals surface area (Å²) < 4.78 is 10.8. The highest BCUT2D eigenvalue weighted by atomic mass is 16.5. The number of ether oxygens (including phenoxy) is 2. The third-order valence-corrected chi connectivity index (χ3v) is 6.62. The zero-order chi connectivity index (χ0) is 24.5. The molecular formula is C26H27N3O5. The van der Waals surface area contributed by atoms with Crippen molar-refractivity contribution in [2.24, 2.45) is 5.41 Å². The van der Waals surface area contributed by atoms with Crippen LogP contribution in [0.1, 0.15) is 42.4 Å². The largest absolute Gasteiger partial charge is 0.496 e. The zero-order valence-electron chi connectivity index (χ0n) is 19.6. The number of aryl methyl sites for hydroxylation is 1. The molecule has 1 aromatic carbocycles. The number of nitrogens with zero attached hydrogens (tertiary/aromatic N) is 3. The Labute approximate surface area is 198 Å². The number of nitriles is 1. The zero-order valence-corrected chi connectivity index (χ0v) is 19.6. The SMILES string of the molecule is CCOCC(=O)N1CC2(CC(=O)C(c3c(C)cc(-c4ccc(C#N)cn4)cc3OC)C(=O)C2)C1. The fraction of sp³-hybridized carbons (Fsp3) is 0.423. The molecule has 176 valence electrons. The number of aromatic nitrogens is 1. The Balaban J connectivity index is 1.55. The van der Waals surface area contributed by atoms with Gasteiger partial charge in [0.15, 0.2) is 0 Å². The Morgan fingerprint density at radius 1 is 1.24 bits per heavy atom. The Morgan fingerprint density at radius 3 is 2.50 bits per heavy atom. The van der Waals surface area contributed by atoms with Gasteiger partial charge in [0.05, 0.1) is 18.4 Å². The Kier molecular flexibility index (Phi) is 6.49. The van der Waals surface area contributed by atoms with E-state index < -0.39 is 11.3 Å². The number of likely N-dealkylation sites (tertiary alicyclic amines) is 1. The molecule has 2 fully saturated rings. The second-order valence-electron chi connectivity index (χ2n) is 9.06. The Morgan fingerprint density at radius 2 is 1.94 bits per heavy atom. The summed E-state index contributed by atoms with van der Waals surface area (Å²) in [4.78, 5) is 44.7. The highest BCUT2D eigenvalue weighted by molar-refractivity contribution is 6.11. The maximum atomic E-state index is 13.3. The van der Waals surface area contributed by atoms with Crippen LogP contribution in [0, 0.1) is 23.7 Å². The van der Waals surface area contributed by atoms with E-state index in [0.29, 0.717) is 42.3 Å². The van der Waals surface area contributed by atoms with Gasteiger partial charge in [-0.05, 0) is 43.7 Å². The molecule has 1 saturated heterocycles. The molecule has 1 amide bonds. The number of methoxy groups -OCH3 is 1. The third-order valence-electron chi connectivity index (χ3n) is 6.62. The maximum absolute atomic E-state index is 13.3. The molecule has 2 aliphatic rings. The van der Waals surface area contributed by atoms with Crippen molar-refractivity contribution < 1.29 is 23.9 Å². The minimum absolute atomic E-state index is 0.0218. The van der Waals surface area contributed by atoms with E-state index >= 15 is 0 Å². The first kappa shape index (κ1) is 23.6. The van der Waals surface area contributed by atoms with E-state index in [9.17, 15) is 14.4 Å². The van der Waals surface area contributed by atoms with Crippen LogP contribution >= 0.6 is 0 Å². The standard InChI is InChI=1S/C26H27N3O5/c1-4-34-13-23(32)29-14-26(15-29)9-20(30)25(21(31)10-26)24-16(2)7-18(8-22(24)33-3)19-6-5-17(11-27)12-28-19/h5-8,12,25H,4,9-10,13-15H2,1-3H3. The number of hydrogen-bond donors (Lipinski definition) is 0. The van der Waals surface area contributed by atoms with E-state index in [1.54, 1.807) is 23.1 Å². The molecule has 2 heterocycles. The number of carbonyl (C=O) groups excluding carboxylic acids is 3. The van der Waals surface area contributed by atoms with Gasteiger partial charge >= 0.3 is 0 Å². The molecule has 0 N–H and O–H groups in total. The first-order valence-corrected chi connectivity index (χ1v) is 11.3. The molecule has 1 saturated carbocycles. The van der Waals surface area contributed by atoms with Gasteiger partial charge < -0.3 is 14.4 Å². The summed E-state index contributed by atoms with van der Waals surface area (Å²) >= 11 is 0. The summed E-state index contributed by atoms with van der Waals surface area (Å²) in [6.07, 6.45) is 2.01. The Hall–Kier alpha value is -3.57. The normalized spacial score (nSPS) is 17.4. The van der Waals surface area contributed by atoms with Crippen LogP contribution in [-0.4, -0.2) is 60.8 Å². The molecule has 0 bridgehead atoms. The minimum Gasteiger partial charge on any atom is -0.496 e. The molecule has 1 aliphatic carbocycles. The third kappa shape index (κ3) is 4.31. The molecule has 34 heavy (non-hydrogen) atoms. The first-order valence-electron chi connectivity index (χ1n) is 11.3. The van der Waals surface area contributed by atoms with Crippen molar-refractivity contribution in [3.05, 3.63) is 47.2 Å². The number of carbonyl (C=O) groups is 3. The minimum atomic E-state index is -0.878. The lowest BCUT2D eigenvalue weighted by atomic mass is 9.63. The van der Waals surface area contributed by atoms with Gasteiger partial charge in [-0.1, -0.05) is 0 Å². The van der Waals surface area contributed by atoms with Gasteiger partial charge in [-0.3, -0.25) is 19.4 Å². The van der Waals surface area contributed by atoms with Crippen molar-refractivity contribution in [2.75, 3.05) is 33.4 Å². The van der Waals surface area contributed by atoms with Crippen LogP contribution in [0.25, 0.3) is 11.3 Å².